The molecule has 2 heterocycles. The van der Waals surface area contributed by atoms with Gasteiger partial charge in [-0.25, -0.2) is 0 Å². The summed E-state index contributed by atoms with van der Waals surface area (Å²) in [4.78, 5) is 13.7. The van der Waals surface area contributed by atoms with Gasteiger partial charge in [-0.1, -0.05) is 0 Å². The first-order valence-corrected chi connectivity index (χ1v) is 5.37. The summed E-state index contributed by atoms with van der Waals surface area (Å²) in [5, 5.41) is 13.3. The maximum Gasteiger partial charge on any atom is 0.239 e. The molecule has 0 saturated carbocycles. The molecule has 1 fully saturated rings. The molecule has 16 heavy (non-hydrogen) atoms. The van der Waals surface area contributed by atoms with E-state index in [4.69, 9.17) is 5.73 Å². The molecule has 7 heteroatoms. The molecule has 1 aromatic heterocycles. The summed E-state index contributed by atoms with van der Waals surface area (Å²) in [5.41, 5.74) is 6.56. The highest BCUT2D eigenvalue weighted by Gasteiger charge is 2.23. The van der Waals surface area contributed by atoms with Gasteiger partial charge in [0.05, 0.1) is 17.9 Å². The Morgan fingerprint density at radius 2 is 2.31 bits per heavy atom. The number of amides is 1. The van der Waals surface area contributed by atoms with E-state index in [0.29, 0.717) is 6.42 Å². The summed E-state index contributed by atoms with van der Waals surface area (Å²) in [6, 6.07) is -0.525. The number of nitrogens with zero attached hydrogens (tertiary/aromatic N) is 3. The Bertz CT molecular complexity index is 332. The fourth-order valence-corrected chi connectivity index (χ4v) is 1.76. The topological polar surface area (TPSA) is 99.9 Å². The molecule has 88 valence electrons. The Hall–Kier alpha value is -1.47. The van der Waals surface area contributed by atoms with Crippen LogP contribution in [0.3, 0.4) is 0 Å². The quantitative estimate of drug-likeness (QED) is 0.557. The molecule has 1 saturated heterocycles. The van der Waals surface area contributed by atoms with Crippen molar-refractivity contribution < 1.29 is 4.79 Å². The smallest absolute Gasteiger partial charge is 0.239 e. The highest BCUT2D eigenvalue weighted by molar-refractivity contribution is 5.82. The largest absolute Gasteiger partial charge is 0.339 e. The number of nitrogens with one attached hydrogen (secondary N) is 2. The van der Waals surface area contributed by atoms with Crippen LogP contribution in [-0.2, 0) is 11.2 Å². The zero-order valence-electron chi connectivity index (χ0n) is 9.02. The molecule has 0 spiro atoms. The van der Waals surface area contributed by atoms with Gasteiger partial charge >= 0.3 is 0 Å². The minimum Gasteiger partial charge on any atom is -0.339 e. The van der Waals surface area contributed by atoms with Crippen LogP contribution >= 0.6 is 0 Å². The normalized spacial score (nSPS) is 18.4. The summed E-state index contributed by atoms with van der Waals surface area (Å²) in [6.07, 6.45) is 2.02. The third-order valence-electron chi connectivity index (χ3n) is 2.64. The van der Waals surface area contributed by atoms with Gasteiger partial charge in [0.2, 0.25) is 5.91 Å². The summed E-state index contributed by atoms with van der Waals surface area (Å²) in [5.74, 6) is -0.00972. The van der Waals surface area contributed by atoms with Gasteiger partial charge < -0.3 is 16.0 Å². The number of hydrogen-bond donors (Lipinski definition) is 3. The Labute approximate surface area is 93.4 Å². The van der Waals surface area contributed by atoms with Crippen molar-refractivity contribution in [3.05, 3.63) is 11.9 Å². The first-order valence-electron chi connectivity index (χ1n) is 5.37. The molecule has 2 rings (SSSR count). The average molecular weight is 224 g/mol. The van der Waals surface area contributed by atoms with Crippen LogP contribution < -0.4 is 11.1 Å². The van der Waals surface area contributed by atoms with Crippen LogP contribution in [0.4, 0.5) is 0 Å². The number of piperazine rings is 1. The molecule has 1 aliphatic heterocycles. The van der Waals surface area contributed by atoms with Gasteiger partial charge in [0.15, 0.2) is 0 Å². The molecule has 0 aliphatic carbocycles. The summed E-state index contributed by atoms with van der Waals surface area (Å²) >= 11 is 0. The van der Waals surface area contributed by atoms with E-state index >= 15 is 0 Å². The lowest BCUT2D eigenvalue weighted by Crippen LogP contribution is -2.52. The van der Waals surface area contributed by atoms with Crippen LogP contribution in [0.5, 0.6) is 0 Å². The molecule has 0 bridgehead atoms. The van der Waals surface area contributed by atoms with E-state index in [1.54, 1.807) is 11.1 Å². The molecule has 7 nitrogen and oxygen atoms in total. The van der Waals surface area contributed by atoms with E-state index in [1.165, 1.54) is 0 Å². The van der Waals surface area contributed by atoms with Gasteiger partial charge in [-0.2, -0.15) is 15.4 Å². The maximum absolute atomic E-state index is 11.9. The zero-order valence-corrected chi connectivity index (χ0v) is 9.02. The van der Waals surface area contributed by atoms with Crippen molar-refractivity contribution in [3.63, 3.8) is 0 Å². The van der Waals surface area contributed by atoms with Crippen LogP contribution in [0.25, 0.3) is 0 Å². The zero-order chi connectivity index (χ0) is 11.4. The van der Waals surface area contributed by atoms with Crippen molar-refractivity contribution in [2.75, 3.05) is 26.2 Å². The van der Waals surface area contributed by atoms with E-state index in [1.807, 2.05) is 0 Å². The fraction of sp³-hybridized carbons (Fsp3) is 0.667. The molecule has 1 atom stereocenters. The van der Waals surface area contributed by atoms with E-state index in [-0.39, 0.29) is 5.91 Å². The Balaban J connectivity index is 1.88. The third-order valence-corrected chi connectivity index (χ3v) is 2.64. The van der Waals surface area contributed by atoms with E-state index in [0.717, 1.165) is 31.9 Å². The molecule has 4 N–H and O–H groups in total. The molecular weight excluding hydrogens is 208 g/mol. The second kappa shape index (κ2) is 5.04. The van der Waals surface area contributed by atoms with Gasteiger partial charge in [0.1, 0.15) is 0 Å². The first kappa shape index (κ1) is 11.0. The van der Waals surface area contributed by atoms with Crippen molar-refractivity contribution in [2.45, 2.75) is 12.5 Å². The third kappa shape index (κ3) is 2.56. The minimum atomic E-state index is -0.525. The number of hydrogen-bond acceptors (Lipinski definition) is 5. The number of aromatic nitrogens is 3. The van der Waals surface area contributed by atoms with E-state index in [9.17, 15) is 4.79 Å². The lowest BCUT2D eigenvalue weighted by Gasteiger charge is -2.29. The summed E-state index contributed by atoms with van der Waals surface area (Å²) in [6.45, 7) is 3.13. The van der Waals surface area contributed by atoms with Gasteiger partial charge in [0, 0.05) is 32.6 Å². The Morgan fingerprint density at radius 3 is 2.94 bits per heavy atom. The Kier molecular flexibility index (Phi) is 3.47. The van der Waals surface area contributed by atoms with E-state index < -0.39 is 6.04 Å². The summed E-state index contributed by atoms with van der Waals surface area (Å²) in [7, 11) is 0. The molecule has 0 radical (unpaired) electrons. The Morgan fingerprint density at radius 1 is 1.56 bits per heavy atom. The number of aromatic amines is 1. The van der Waals surface area contributed by atoms with Crippen molar-refractivity contribution in [3.8, 4) is 0 Å². The van der Waals surface area contributed by atoms with Crippen LogP contribution in [0.2, 0.25) is 0 Å². The second-order valence-electron chi connectivity index (χ2n) is 3.85. The number of carbonyl (C=O) groups excluding carboxylic acids is 1. The second-order valence-corrected chi connectivity index (χ2v) is 3.85. The van der Waals surface area contributed by atoms with Crippen LogP contribution in [0, 0.1) is 0 Å². The predicted molar refractivity (Wildman–Crippen MR) is 57.5 cm³/mol. The van der Waals surface area contributed by atoms with Crippen LogP contribution in [0.1, 0.15) is 5.69 Å². The number of carbonyl (C=O) groups is 1. The fourth-order valence-electron chi connectivity index (χ4n) is 1.76. The van der Waals surface area contributed by atoms with Crippen molar-refractivity contribution in [2.24, 2.45) is 5.73 Å². The molecule has 1 amide bonds. The number of rotatable bonds is 3. The highest BCUT2D eigenvalue weighted by atomic mass is 16.2. The van der Waals surface area contributed by atoms with Crippen LogP contribution in [0.15, 0.2) is 6.20 Å². The molecule has 0 aromatic carbocycles. The van der Waals surface area contributed by atoms with Gasteiger partial charge in [-0.15, -0.1) is 0 Å². The average Bonchev–Trinajstić information content (AvgIpc) is 2.82. The standard InChI is InChI=1S/C9H16N6O/c10-8(5-7-6-12-14-13-7)9(16)15-3-1-11-2-4-15/h6,8,11H,1-5,10H2,(H,12,13,14). The lowest BCUT2D eigenvalue weighted by molar-refractivity contribution is -0.133. The van der Waals surface area contributed by atoms with Crippen molar-refractivity contribution in [1.29, 1.82) is 0 Å². The van der Waals surface area contributed by atoms with Gasteiger partial charge in [0.25, 0.3) is 0 Å². The number of nitrogens with two attached hydrogens (primary N) is 1. The molecule has 1 aromatic rings. The van der Waals surface area contributed by atoms with Gasteiger partial charge in [-0.3, -0.25) is 4.79 Å². The maximum atomic E-state index is 11.9. The van der Waals surface area contributed by atoms with E-state index in [2.05, 4.69) is 20.7 Å². The predicted octanol–water partition coefficient (Wildman–Crippen LogP) is -1.89. The SMILES string of the molecule is NC(Cc1cn[nH]n1)C(=O)N1CCNCC1. The number of H-pyrrole nitrogens is 1. The molecular formula is C9H16N6O. The van der Waals surface area contributed by atoms with Crippen LogP contribution in [-0.4, -0.2) is 58.4 Å². The van der Waals surface area contributed by atoms with Gasteiger partial charge in [-0.05, 0) is 0 Å². The summed E-state index contributed by atoms with van der Waals surface area (Å²) < 4.78 is 0. The minimum absolute atomic E-state index is 0.00972. The first-order chi connectivity index (χ1) is 7.77. The lowest BCUT2D eigenvalue weighted by atomic mass is 10.1. The molecule has 1 aliphatic rings. The van der Waals surface area contributed by atoms with Crippen molar-refractivity contribution in [1.82, 2.24) is 25.6 Å². The van der Waals surface area contributed by atoms with Crippen molar-refractivity contribution >= 4 is 5.91 Å². The highest BCUT2D eigenvalue weighted by Crippen LogP contribution is 2.01. The monoisotopic (exact) mass is 224 g/mol. The molecule has 1 unspecified atom stereocenters.